The molecule has 0 saturated carbocycles. The predicted molar refractivity (Wildman–Crippen MR) is 147 cm³/mol. The monoisotopic (exact) mass is 505 g/mol. The summed E-state index contributed by atoms with van der Waals surface area (Å²) in [6.45, 7) is 14.0. The van der Waals surface area contributed by atoms with Crippen LogP contribution in [-0.4, -0.2) is 73.1 Å². The maximum Gasteiger partial charge on any atom is 0.177 e. The van der Waals surface area contributed by atoms with Gasteiger partial charge < -0.3 is 14.9 Å². The molecule has 1 aromatic carbocycles. The van der Waals surface area contributed by atoms with E-state index >= 15 is 0 Å². The minimum atomic E-state index is 0.0919. The van der Waals surface area contributed by atoms with Crippen LogP contribution in [0.3, 0.4) is 0 Å². The number of carbonyl (C=O) groups excluding carboxylic acids is 1. The van der Waals surface area contributed by atoms with Crippen LogP contribution in [0, 0.1) is 0 Å². The number of aromatic nitrogens is 4. The van der Waals surface area contributed by atoms with Crippen LogP contribution in [-0.2, 0) is 19.6 Å². The van der Waals surface area contributed by atoms with Gasteiger partial charge in [-0.05, 0) is 69.9 Å². The second-order valence-corrected chi connectivity index (χ2v) is 10.3. The van der Waals surface area contributed by atoms with E-state index in [0.717, 1.165) is 55.4 Å². The summed E-state index contributed by atoms with van der Waals surface area (Å²) in [5, 5.41) is 0. The zero-order valence-corrected chi connectivity index (χ0v) is 22.7. The fourth-order valence-electron chi connectivity index (χ4n) is 5.35. The standard InChI is InChI=1S/C29H43N7O/c1-4-14-34(15-5-2)16-6-7-17-35-20-25-18-24(8-9-26(25)27(37)21-35)19-36(22-28-30-10-11-31-28)23(3)29-32-12-13-33-29/h8-13,18,23H,4-7,14-17,19-22H2,1-3H3,(H,30,31)(H,32,33). The first-order valence-corrected chi connectivity index (χ1v) is 13.9. The van der Waals surface area contributed by atoms with Gasteiger partial charge in [-0.15, -0.1) is 0 Å². The lowest BCUT2D eigenvalue weighted by atomic mass is 9.96. The number of hydrogen-bond donors (Lipinski definition) is 2. The summed E-state index contributed by atoms with van der Waals surface area (Å²) in [5.41, 5.74) is 3.23. The van der Waals surface area contributed by atoms with E-state index in [1.54, 1.807) is 12.4 Å². The Morgan fingerprint density at radius 1 is 0.973 bits per heavy atom. The fraction of sp³-hybridized carbons (Fsp3) is 0.552. The molecule has 0 aliphatic carbocycles. The molecule has 8 nitrogen and oxygen atoms in total. The van der Waals surface area contributed by atoms with Gasteiger partial charge in [-0.2, -0.15) is 0 Å². The van der Waals surface area contributed by atoms with E-state index in [1.807, 2.05) is 18.5 Å². The second-order valence-electron chi connectivity index (χ2n) is 10.3. The molecule has 0 amide bonds. The van der Waals surface area contributed by atoms with Crippen LogP contribution in [0.15, 0.2) is 43.0 Å². The molecule has 0 radical (unpaired) electrons. The number of fused-ring (bicyclic) bond motifs is 1. The number of carbonyl (C=O) groups is 1. The van der Waals surface area contributed by atoms with Crippen molar-refractivity contribution in [1.29, 1.82) is 0 Å². The van der Waals surface area contributed by atoms with Crippen LogP contribution >= 0.6 is 0 Å². The number of hydrogen-bond acceptors (Lipinski definition) is 6. The summed E-state index contributed by atoms with van der Waals surface area (Å²) in [6.07, 6.45) is 12.0. The molecule has 0 bridgehead atoms. The Hall–Kier alpha value is -2.81. The molecule has 4 rings (SSSR count). The molecule has 1 atom stereocenters. The van der Waals surface area contributed by atoms with Gasteiger partial charge in [0.15, 0.2) is 5.78 Å². The van der Waals surface area contributed by atoms with Crippen LogP contribution < -0.4 is 0 Å². The molecule has 2 aromatic heterocycles. The van der Waals surface area contributed by atoms with E-state index in [4.69, 9.17) is 0 Å². The van der Waals surface area contributed by atoms with Crippen LogP contribution in [0.4, 0.5) is 0 Å². The van der Waals surface area contributed by atoms with E-state index in [2.05, 4.69) is 67.5 Å². The Morgan fingerprint density at radius 3 is 2.46 bits per heavy atom. The molecule has 3 aromatic rings. The van der Waals surface area contributed by atoms with E-state index < -0.39 is 0 Å². The molecule has 8 heteroatoms. The van der Waals surface area contributed by atoms with Gasteiger partial charge in [-0.3, -0.25) is 14.6 Å². The van der Waals surface area contributed by atoms with Crippen LogP contribution in [0.5, 0.6) is 0 Å². The summed E-state index contributed by atoms with van der Waals surface area (Å²) in [7, 11) is 0. The zero-order chi connectivity index (χ0) is 26.0. The van der Waals surface area contributed by atoms with Gasteiger partial charge in [0.2, 0.25) is 0 Å². The lowest BCUT2D eigenvalue weighted by Gasteiger charge is -2.30. The highest BCUT2D eigenvalue weighted by atomic mass is 16.1. The number of benzene rings is 1. The van der Waals surface area contributed by atoms with Crippen molar-refractivity contribution >= 4 is 5.78 Å². The maximum absolute atomic E-state index is 12.9. The number of Topliss-reactive ketones (excluding diaryl/α,β-unsaturated/α-hetero) is 1. The van der Waals surface area contributed by atoms with Gasteiger partial charge in [-0.1, -0.05) is 32.0 Å². The predicted octanol–water partition coefficient (Wildman–Crippen LogP) is 4.80. The molecule has 0 fully saturated rings. The number of rotatable bonds is 15. The van der Waals surface area contributed by atoms with Gasteiger partial charge in [0.1, 0.15) is 11.6 Å². The minimum Gasteiger partial charge on any atom is -0.348 e. The normalized spacial score (nSPS) is 15.0. The van der Waals surface area contributed by atoms with Crippen molar-refractivity contribution in [3.8, 4) is 0 Å². The first kappa shape index (κ1) is 27.2. The fourth-order valence-corrected chi connectivity index (χ4v) is 5.35. The number of nitrogens with zero attached hydrogens (tertiary/aromatic N) is 5. The Labute approximate surface area is 221 Å². The van der Waals surface area contributed by atoms with Crippen molar-refractivity contribution in [1.82, 2.24) is 34.6 Å². The number of unbranched alkanes of at least 4 members (excludes halogenated alkanes) is 1. The van der Waals surface area contributed by atoms with Crippen molar-refractivity contribution in [2.75, 3.05) is 32.7 Å². The summed E-state index contributed by atoms with van der Waals surface area (Å²) in [5.74, 6) is 2.10. The third-order valence-electron chi connectivity index (χ3n) is 7.27. The number of aromatic amines is 2. The molecule has 1 unspecified atom stereocenters. The Kier molecular flexibility index (Phi) is 10.0. The second kappa shape index (κ2) is 13.7. The van der Waals surface area contributed by atoms with Crippen molar-refractivity contribution in [3.63, 3.8) is 0 Å². The quantitative estimate of drug-likeness (QED) is 0.289. The summed E-state index contributed by atoms with van der Waals surface area (Å²) in [4.78, 5) is 35.6. The smallest absolute Gasteiger partial charge is 0.177 e. The molecule has 0 saturated heterocycles. The average Bonchev–Trinajstić information content (AvgIpc) is 3.61. The molecule has 1 aliphatic heterocycles. The number of ketones is 1. The third-order valence-corrected chi connectivity index (χ3v) is 7.27. The number of nitrogens with one attached hydrogen (secondary N) is 2. The zero-order valence-electron chi connectivity index (χ0n) is 22.7. The number of imidazole rings is 2. The first-order valence-electron chi connectivity index (χ1n) is 13.9. The Bertz CT molecular complexity index is 1070. The Balaban J connectivity index is 1.39. The highest BCUT2D eigenvalue weighted by Gasteiger charge is 2.24. The van der Waals surface area contributed by atoms with E-state index in [9.17, 15) is 4.79 Å². The molecule has 1 aliphatic rings. The van der Waals surface area contributed by atoms with Crippen molar-refractivity contribution in [3.05, 3.63) is 71.3 Å². The van der Waals surface area contributed by atoms with E-state index in [0.29, 0.717) is 13.1 Å². The van der Waals surface area contributed by atoms with Crippen molar-refractivity contribution < 1.29 is 4.79 Å². The van der Waals surface area contributed by atoms with E-state index in [-0.39, 0.29) is 11.8 Å². The first-order chi connectivity index (χ1) is 18.1. The highest BCUT2D eigenvalue weighted by Crippen LogP contribution is 2.25. The van der Waals surface area contributed by atoms with E-state index in [1.165, 1.54) is 37.9 Å². The van der Waals surface area contributed by atoms with Gasteiger partial charge in [0.05, 0.1) is 19.1 Å². The summed E-state index contributed by atoms with van der Waals surface area (Å²) >= 11 is 0. The van der Waals surface area contributed by atoms with Crippen LogP contribution in [0.25, 0.3) is 0 Å². The number of H-pyrrole nitrogens is 2. The molecule has 3 heterocycles. The topological polar surface area (TPSA) is 84.2 Å². The molecule has 0 spiro atoms. The lowest BCUT2D eigenvalue weighted by molar-refractivity contribution is 0.0898. The minimum absolute atomic E-state index is 0.0919. The molecule has 200 valence electrons. The SMILES string of the molecule is CCCN(CCC)CCCCN1CC(=O)c2ccc(CN(Cc3ncc[nH]3)C(C)c3ncc[nH]3)cc2C1. The molecular formula is C29H43N7O. The van der Waals surface area contributed by atoms with Crippen molar-refractivity contribution in [2.24, 2.45) is 0 Å². The van der Waals surface area contributed by atoms with Gasteiger partial charge in [0.25, 0.3) is 0 Å². The Morgan fingerprint density at radius 2 is 1.76 bits per heavy atom. The van der Waals surface area contributed by atoms with Gasteiger partial charge in [0, 0.05) is 43.4 Å². The average molecular weight is 506 g/mol. The molecule has 2 N–H and O–H groups in total. The third kappa shape index (κ3) is 7.60. The molecular weight excluding hydrogens is 462 g/mol. The van der Waals surface area contributed by atoms with Gasteiger partial charge >= 0.3 is 0 Å². The largest absolute Gasteiger partial charge is 0.348 e. The van der Waals surface area contributed by atoms with Gasteiger partial charge in [-0.25, -0.2) is 9.97 Å². The van der Waals surface area contributed by atoms with Crippen LogP contribution in [0.1, 0.15) is 85.6 Å². The molecule has 37 heavy (non-hydrogen) atoms. The summed E-state index contributed by atoms with van der Waals surface area (Å²) in [6, 6.07) is 6.45. The van der Waals surface area contributed by atoms with Crippen molar-refractivity contribution in [2.45, 2.75) is 72.1 Å². The van der Waals surface area contributed by atoms with Crippen LogP contribution in [0.2, 0.25) is 0 Å². The maximum atomic E-state index is 12.9. The summed E-state index contributed by atoms with van der Waals surface area (Å²) < 4.78 is 0. The highest BCUT2D eigenvalue weighted by molar-refractivity contribution is 5.99. The lowest BCUT2D eigenvalue weighted by Crippen LogP contribution is -2.36.